The molecule has 6 heteroatoms. The van der Waals surface area contributed by atoms with Crippen LogP contribution in [0, 0.1) is 5.92 Å². The van der Waals surface area contributed by atoms with Crippen LogP contribution >= 0.6 is 0 Å². The summed E-state index contributed by atoms with van der Waals surface area (Å²) in [5.74, 6) is 2.03. The van der Waals surface area contributed by atoms with Crippen LogP contribution in [0.2, 0.25) is 0 Å². The number of carbonyl (C=O) groups is 1. The van der Waals surface area contributed by atoms with E-state index >= 15 is 0 Å². The lowest BCUT2D eigenvalue weighted by Gasteiger charge is -2.08. The average molecular weight is 368 g/mol. The van der Waals surface area contributed by atoms with Crippen molar-refractivity contribution in [3.63, 3.8) is 0 Å². The first-order valence-corrected chi connectivity index (χ1v) is 10.2. The number of carbonyl (C=O) groups excluding carboxylic acids is 1. The highest BCUT2D eigenvalue weighted by Gasteiger charge is 2.31. The van der Waals surface area contributed by atoms with Crippen LogP contribution in [-0.2, 0) is 11.3 Å². The van der Waals surface area contributed by atoms with E-state index in [1.807, 2.05) is 30.3 Å². The summed E-state index contributed by atoms with van der Waals surface area (Å²) in [7, 11) is 0. The maximum atomic E-state index is 12.8. The number of hydrogen-bond acceptors (Lipinski definition) is 3. The van der Waals surface area contributed by atoms with Crippen LogP contribution in [0.1, 0.15) is 63.1 Å². The fourth-order valence-electron chi connectivity index (χ4n) is 4.02. The summed E-state index contributed by atoms with van der Waals surface area (Å²) in [5, 5.41) is 7.52. The fraction of sp³-hybridized carbons (Fsp3) is 0.571. The first-order valence-electron chi connectivity index (χ1n) is 10.2. The summed E-state index contributed by atoms with van der Waals surface area (Å²) >= 11 is 0. The van der Waals surface area contributed by atoms with Gasteiger partial charge in [0.1, 0.15) is 5.82 Å². The molecule has 0 atom stereocenters. The molecule has 1 amide bonds. The van der Waals surface area contributed by atoms with Gasteiger partial charge in [-0.2, -0.15) is 5.10 Å². The van der Waals surface area contributed by atoms with Crippen molar-refractivity contribution in [2.24, 2.45) is 5.92 Å². The van der Waals surface area contributed by atoms with E-state index < -0.39 is 0 Å². The summed E-state index contributed by atoms with van der Waals surface area (Å²) in [4.78, 5) is 24.9. The highest BCUT2D eigenvalue weighted by atomic mass is 16.2. The van der Waals surface area contributed by atoms with E-state index in [-0.39, 0.29) is 11.6 Å². The second-order valence-corrected chi connectivity index (χ2v) is 7.85. The van der Waals surface area contributed by atoms with Gasteiger partial charge in [-0.3, -0.25) is 4.79 Å². The monoisotopic (exact) mass is 368 g/mol. The molecule has 1 aromatic heterocycles. The Hall–Kier alpha value is -2.37. The van der Waals surface area contributed by atoms with Gasteiger partial charge in [-0.25, -0.2) is 14.0 Å². The minimum atomic E-state index is -0.122. The van der Waals surface area contributed by atoms with Crippen LogP contribution < -0.4 is 11.0 Å². The number of hydrogen-bond donors (Lipinski definition) is 1. The largest absolute Gasteiger partial charge is 0.354 e. The number of nitrogens with zero attached hydrogens (tertiary/aromatic N) is 3. The Kier molecular flexibility index (Phi) is 5.41. The molecule has 0 saturated heterocycles. The average Bonchev–Trinajstić information content (AvgIpc) is 3.29. The third-order valence-electron chi connectivity index (χ3n) is 5.72. The van der Waals surface area contributed by atoms with E-state index in [0.717, 1.165) is 36.7 Å². The Morgan fingerprint density at radius 2 is 1.85 bits per heavy atom. The third kappa shape index (κ3) is 4.31. The van der Waals surface area contributed by atoms with E-state index in [9.17, 15) is 9.59 Å². The number of amides is 1. The molecule has 1 heterocycles. The van der Waals surface area contributed by atoms with E-state index in [1.165, 1.54) is 30.4 Å². The van der Waals surface area contributed by atoms with Gasteiger partial charge in [-0.15, -0.1) is 0 Å². The lowest BCUT2D eigenvalue weighted by Crippen LogP contribution is -2.32. The van der Waals surface area contributed by atoms with Crippen LogP contribution in [0.15, 0.2) is 35.1 Å². The minimum absolute atomic E-state index is 0.0832. The molecule has 1 aromatic carbocycles. The maximum absolute atomic E-state index is 12.8. The zero-order valence-corrected chi connectivity index (χ0v) is 15.8. The van der Waals surface area contributed by atoms with Gasteiger partial charge in [0.15, 0.2) is 0 Å². The first kappa shape index (κ1) is 18.0. The molecule has 0 radical (unpaired) electrons. The Morgan fingerprint density at radius 1 is 1.11 bits per heavy atom. The standard InChI is InChI=1S/C21H28N4O2/c26-19(13-10-16-6-4-5-7-16)22-14-15-24-21(27)25(18-8-2-1-3-9-18)20(23-24)17-11-12-17/h1-3,8-9,16-17H,4-7,10-15H2,(H,22,26). The zero-order valence-electron chi connectivity index (χ0n) is 15.8. The Morgan fingerprint density at radius 3 is 2.56 bits per heavy atom. The van der Waals surface area contributed by atoms with Crippen molar-refractivity contribution in [3.8, 4) is 5.69 Å². The lowest BCUT2D eigenvalue weighted by molar-refractivity contribution is -0.121. The van der Waals surface area contributed by atoms with E-state index in [4.69, 9.17) is 0 Å². The summed E-state index contributed by atoms with van der Waals surface area (Å²) < 4.78 is 3.22. The molecule has 4 rings (SSSR count). The quantitative estimate of drug-likeness (QED) is 0.779. The molecule has 1 N–H and O–H groups in total. The first-order chi connectivity index (χ1) is 13.2. The van der Waals surface area contributed by atoms with Gasteiger partial charge in [0.25, 0.3) is 0 Å². The molecule has 0 unspecified atom stereocenters. The SMILES string of the molecule is O=C(CCC1CCCC1)NCCn1nc(C2CC2)n(-c2ccccc2)c1=O. The van der Waals surface area contributed by atoms with Crippen LogP contribution in [0.25, 0.3) is 5.69 Å². The molecule has 2 fully saturated rings. The number of nitrogens with one attached hydrogen (secondary N) is 1. The van der Waals surface area contributed by atoms with Gasteiger partial charge >= 0.3 is 5.69 Å². The van der Waals surface area contributed by atoms with Gasteiger partial charge < -0.3 is 5.32 Å². The van der Waals surface area contributed by atoms with Crippen molar-refractivity contribution in [1.29, 1.82) is 0 Å². The van der Waals surface area contributed by atoms with Crippen LogP contribution in [0.4, 0.5) is 0 Å². The number of aromatic nitrogens is 3. The topological polar surface area (TPSA) is 68.9 Å². The van der Waals surface area contributed by atoms with Crippen molar-refractivity contribution in [2.75, 3.05) is 6.54 Å². The molecule has 6 nitrogen and oxygen atoms in total. The number of para-hydroxylation sites is 1. The van der Waals surface area contributed by atoms with Gasteiger partial charge in [0.05, 0.1) is 12.2 Å². The highest BCUT2D eigenvalue weighted by molar-refractivity contribution is 5.75. The van der Waals surface area contributed by atoms with Gasteiger partial charge in [-0.05, 0) is 37.3 Å². The number of benzene rings is 1. The van der Waals surface area contributed by atoms with Crippen LogP contribution in [-0.4, -0.2) is 26.8 Å². The number of rotatable bonds is 8. The third-order valence-corrected chi connectivity index (χ3v) is 5.72. The molecule has 0 bridgehead atoms. The zero-order chi connectivity index (χ0) is 18.6. The predicted octanol–water partition coefficient (Wildman–Crippen LogP) is 3.00. The fourth-order valence-corrected chi connectivity index (χ4v) is 4.02. The molecule has 27 heavy (non-hydrogen) atoms. The summed E-state index contributed by atoms with van der Waals surface area (Å²) in [6.45, 7) is 0.854. The summed E-state index contributed by atoms with van der Waals surface area (Å²) in [5.41, 5.74) is 0.736. The van der Waals surface area contributed by atoms with Gasteiger partial charge in [-0.1, -0.05) is 43.9 Å². The van der Waals surface area contributed by atoms with Crippen molar-refractivity contribution in [2.45, 2.75) is 63.8 Å². The van der Waals surface area contributed by atoms with Gasteiger partial charge in [0, 0.05) is 18.9 Å². The van der Waals surface area contributed by atoms with E-state index in [0.29, 0.717) is 25.4 Å². The smallest absolute Gasteiger partial charge is 0.350 e. The Balaban J connectivity index is 1.36. The molecule has 2 aromatic rings. The molecule has 0 aliphatic heterocycles. The molecule has 2 aliphatic carbocycles. The van der Waals surface area contributed by atoms with E-state index in [2.05, 4.69) is 10.4 Å². The second kappa shape index (κ2) is 8.11. The molecule has 2 saturated carbocycles. The maximum Gasteiger partial charge on any atom is 0.350 e. The molecule has 0 spiro atoms. The van der Waals surface area contributed by atoms with Crippen molar-refractivity contribution >= 4 is 5.91 Å². The summed E-state index contributed by atoms with van der Waals surface area (Å²) in [6.07, 6.45) is 8.90. The Labute approximate surface area is 159 Å². The van der Waals surface area contributed by atoms with Crippen molar-refractivity contribution in [1.82, 2.24) is 19.7 Å². The summed E-state index contributed by atoms with van der Waals surface area (Å²) in [6, 6.07) is 9.67. The van der Waals surface area contributed by atoms with Crippen LogP contribution in [0.5, 0.6) is 0 Å². The molecular weight excluding hydrogens is 340 g/mol. The highest BCUT2D eigenvalue weighted by Crippen LogP contribution is 2.39. The lowest BCUT2D eigenvalue weighted by atomic mass is 10.0. The van der Waals surface area contributed by atoms with Crippen molar-refractivity contribution in [3.05, 3.63) is 46.6 Å². The minimum Gasteiger partial charge on any atom is -0.354 e. The van der Waals surface area contributed by atoms with Crippen LogP contribution in [0.3, 0.4) is 0 Å². The van der Waals surface area contributed by atoms with E-state index in [1.54, 1.807) is 4.57 Å². The normalized spacial score (nSPS) is 17.3. The molecule has 144 valence electrons. The Bertz CT molecular complexity index is 830. The molecule has 2 aliphatic rings. The molecular formula is C21H28N4O2. The van der Waals surface area contributed by atoms with Gasteiger partial charge in [0.2, 0.25) is 5.91 Å². The second-order valence-electron chi connectivity index (χ2n) is 7.85. The predicted molar refractivity (Wildman–Crippen MR) is 104 cm³/mol. The van der Waals surface area contributed by atoms with Crippen molar-refractivity contribution < 1.29 is 4.79 Å².